The van der Waals surface area contributed by atoms with Crippen molar-refractivity contribution in [3.8, 4) is 0 Å². The number of benzene rings is 1. The first kappa shape index (κ1) is 14.1. The van der Waals surface area contributed by atoms with Crippen LogP contribution in [0.1, 0.15) is 41.3 Å². The predicted octanol–water partition coefficient (Wildman–Crippen LogP) is 1.03. The van der Waals surface area contributed by atoms with Gasteiger partial charge in [-0.2, -0.15) is 0 Å². The molecule has 2 N–H and O–H groups in total. The third kappa shape index (κ3) is 3.08. The Hall–Kier alpha value is -1.88. The minimum Gasteiger partial charge on any atom is -0.349 e. The van der Waals surface area contributed by atoms with Crippen LogP contribution in [-0.2, 0) is 17.9 Å². The van der Waals surface area contributed by atoms with Crippen LogP contribution in [0.2, 0.25) is 0 Å². The highest BCUT2D eigenvalue weighted by Crippen LogP contribution is 2.18. The Morgan fingerprint density at radius 1 is 1.19 bits per heavy atom. The van der Waals surface area contributed by atoms with E-state index >= 15 is 0 Å². The van der Waals surface area contributed by atoms with Gasteiger partial charge in [0.15, 0.2) is 0 Å². The van der Waals surface area contributed by atoms with Crippen molar-refractivity contribution < 1.29 is 9.59 Å². The molecule has 1 fully saturated rings. The van der Waals surface area contributed by atoms with Crippen LogP contribution >= 0.6 is 0 Å². The van der Waals surface area contributed by atoms with Gasteiger partial charge in [-0.3, -0.25) is 9.59 Å². The number of nitrogens with one attached hydrogen (secondary N) is 2. The summed E-state index contributed by atoms with van der Waals surface area (Å²) in [4.78, 5) is 25.4. The highest BCUT2D eigenvalue weighted by atomic mass is 16.2. The number of amides is 2. The molecule has 1 saturated heterocycles. The quantitative estimate of drug-likeness (QED) is 0.854. The average molecular weight is 287 g/mol. The Balaban J connectivity index is 1.58. The van der Waals surface area contributed by atoms with Crippen molar-refractivity contribution >= 4 is 11.8 Å². The molecule has 2 amide bonds. The summed E-state index contributed by atoms with van der Waals surface area (Å²) >= 11 is 0. The molecule has 0 bridgehead atoms. The molecule has 5 heteroatoms. The molecule has 112 valence electrons. The molecule has 0 aliphatic carbocycles. The van der Waals surface area contributed by atoms with Crippen molar-refractivity contribution in [2.75, 3.05) is 13.1 Å². The summed E-state index contributed by atoms with van der Waals surface area (Å²) in [6.45, 7) is 4.79. The van der Waals surface area contributed by atoms with E-state index < -0.39 is 0 Å². The van der Waals surface area contributed by atoms with Crippen molar-refractivity contribution in [1.82, 2.24) is 15.5 Å². The summed E-state index contributed by atoms with van der Waals surface area (Å²) in [5.41, 5.74) is 3.22. The third-order valence-corrected chi connectivity index (χ3v) is 4.37. The molecular weight excluding hydrogens is 266 g/mol. The Morgan fingerprint density at radius 2 is 1.90 bits per heavy atom. The first-order valence-electron chi connectivity index (χ1n) is 7.52. The number of carbonyl (C=O) groups excluding carboxylic acids is 2. The number of rotatable bonds is 2. The van der Waals surface area contributed by atoms with Gasteiger partial charge in [0.1, 0.15) is 0 Å². The molecular formula is C16H21N3O2. The summed E-state index contributed by atoms with van der Waals surface area (Å²) in [5.74, 6) is 0.108. The van der Waals surface area contributed by atoms with E-state index in [1.807, 2.05) is 23.1 Å². The summed E-state index contributed by atoms with van der Waals surface area (Å²) in [7, 11) is 0. The normalized spacial score (nSPS) is 18.4. The Labute approximate surface area is 124 Å². The van der Waals surface area contributed by atoms with E-state index in [1.165, 1.54) is 11.1 Å². The Bertz CT molecular complexity index is 563. The molecule has 1 aromatic carbocycles. The molecule has 0 unspecified atom stereocenters. The van der Waals surface area contributed by atoms with Gasteiger partial charge in [-0.15, -0.1) is 0 Å². The van der Waals surface area contributed by atoms with Crippen molar-refractivity contribution in [3.63, 3.8) is 0 Å². The number of carbonyl (C=O) groups is 2. The summed E-state index contributed by atoms with van der Waals surface area (Å²) in [6, 6.07) is 6.07. The van der Waals surface area contributed by atoms with Crippen LogP contribution in [0.15, 0.2) is 18.2 Å². The fourth-order valence-electron chi connectivity index (χ4n) is 3.04. The van der Waals surface area contributed by atoms with E-state index in [-0.39, 0.29) is 17.9 Å². The van der Waals surface area contributed by atoms with Crippen molar-refractivity contribution in [2.24, 2.45) is 0 Å². The van der Waals surface area contributed by atoms with Gasteiger partial charge in [0.25, 0.3) is 5.91 Å². The maximum atomic E-state index is 12.3. The molecule has 2 aliphatic heterocycles. The molecule has 0 radical (unpaired) electrons. The number of likely N-dealkylation sites (tertiary alicyclic amines) is 1. The van der Waals surface area contributed by atoms with Crippen molar-refractivity contribution in [3.05, 3.63) is 34.9 Å². The average Bonchev–Trinajstić information content (AvgIpc) is 2.95. The standard InChI is InChI=1S/C16H21N3O2/c1-11(20)19-6-4-15(5-7-19)18-16(21)12-2-3-13-9-17-10-14(13)8-12/h2-3,8,15,17H,4-7,9-10H2,1H3,(H,18,21). The fourth-order valence-corrected chi connectivity index (χ4v) is 3.04. The number of piperidine rings is 1. The molecule has 0 atom stereocenters. The van der Waals surface area contributed by atoms with E-state index in [4.69, 9.17) is 0 Å². The minimum atomic E-state index is -0.00836. The van der Waals surface area contributed by atoms with Gasteiger partial charge in [-0.25, -0.2) is 0 Å². The number of hydrogen-bond donors (Lipinski definition) is 2. The van der Waals surface area contributed by atoms with Gasteiger partial charge in [-0.1, -0.05) is 6.07 Å². The van der Waals surface area contributed by atoms with Crippen LogP contribution in [0.5, 0.6) is 0 Å². The minimum absolute atomic E-state index is 0.00836. The second-order valence-corrected chi connectivity index (χ2v) is 5.84. The predicted molar refractivity (Wildman–Crippen MR) is 79.7 cm³/mol. The van der Waals surface area contributed by atoms with Crippen molar-refractivity contribution in [1.29, 1.82) is 0 Å². The monoisotopic (exact) mass is 287 g/mol. The van der Waals surface area contributed by atoms with E-state index in [9.17, 15) is 9.59 Å². The van der Waals surface area contributed by atoms with Crippen LogP contribution in [-0.4, -0.2) is 35.8 Å². The molecule has 0 spiro atoms. The molecule has 1 aromatic rings. The SMILES string of the molecule is CC(=O)N1CCC(NC(=O)c2ccc3c(c2)CNC3)CC1. The maximum Gasteiger partial charge on any atom is 0.251 e. The van der Waals surface area contributed by atoms with Crippen LogP contribution in [0.25, 0.3) is 0 Å². The molecule has 3 rings (SSSR count). The first-order valence-corrected chi connectivity index (χ1v) is 7.52. The summed E-state index contributed by atoms with van der Waals surface area (Å²) in [5, 5.41) is 6.37. The lowest BCUT2D eigenvalue weighted by Crippen LogP contribution is -2.46. The van der Waals surface area contributed by atoms with Crippen LogP contribution in [0.3, 0.4) is 0 Å². The Morgan fingerprint density at radius 3 is 2.62 bits per heavy atom. The first-order chi connectivity index (χ1) is 10.1. The smallest absolute Gasteiger partial charge is 0.251 e. The van der Waals surface area contributed by atoms with E-state index in [1.54, 1.807) is 6.92 Å². The number of nitrogens with zero attached hydrogens (tertiary/aromatic N) is 1. The lowest BCUT2D eigenvalue weighted by Gasteiger charge is -2.31. The summed E-state index contributed by atoms with van der Waals surface area (Å²) in [6.07, 6.45) is 1.66. The molecule has 5 nitrogen and oxygen atoms in total. The fraction of sp³-hybridized carbons (Fsp3) is 0.500. The van der Waals surface area contributed by atoms with Crippen LogP contribution in [0, 0.1) is 0 Å². The van der Waals surface area contributed by atoms with Gasteiger partial charge < -0.3 is 15.5 Å². The zero-order valence-electron chi connectivity index (χ0n) is 12.3. The zero-order chi connectivity index (χ0) is 14.8. The molecule has 0 aromatic heterocycles. The highest BCUT2D eigenvalue weighted by Gasteiger charge is 2.22. The number of fused-ring (bicyclic) bond motifs is 1. The van der Waals surface area contributed by atoms with Gasteiger partial charge in [0, 0.05) is 44.7 Å². The molecule has 2 aliphatic rings. The molecule has 21 heavy (non-hydrogen) atoms. The second-order valence-electron chi connectivity index (χ2n) is 5.84. The van der Waals surface area contributed by atoms with Gasteiger partial charge in [0.2, 0.25) is 5.91 Å². The second kappa shape index (κ2) is 5.85. The largest absolute Gasteiger partial charge is 0.349 e. The maximum absolute atomic E-state index is 12.3. The lowest BCUT2D eigenvalue weighted by atomic mass is 10.0. The van der Waals surface area contributed by atoms with Crippen molar-refractivity contribution in [2.45, 2.75) is 38.9 Å². The van der Waals surface area contributed by atoms with E-state index in [2.05, 4.69) is 10.6 Å². The lowest BCUT2D eigenvalue weighted by molar-refractivity contribution is -0.129. The van der Waals surface area contributed by atoms with E-state index in [0.29, 0.717) is 0 Å². The highest BCUT2D eigenvalue weighted by molar-refractivity contribution is 5.94. The van der Waals surface area contributed by atoms with E-state index in [0.717, 1.165) is 44.6 Å². The number of hydrogen-bond acceptors (Lipinski definition) is 3. The van der Waals surface area contributed by atoms with Gasteiger partial charge >= 0.3 is 0 Å². The van der Waals surface area contributed by atoms with Gasteiger partial charge in [-0.05, 0) is 36.1 Å². The van der Waals surface area contributed by atoms with Crippen LogP contribution in [0.4, 0.5) is 0 Å². The topological polar surface area (TPSA) is 61.4 Å². The van der Waals surface area contributed by atoms with Crippen LogP contribution < -0.4 is 10.6 Å². The Kier molecular flexibility index (Phi) is 3.92. The third-order valence-electron chi connectivity index (χ3n) is 4.37. The summed E-state index contributed by atoms with van der Waals surface area (Å²) < 4.78 is 0. The molecule has 2 heterocycles. The zero-order valence-corrected chi connectivity index (χ0v) is 12.3. The molecule has 0 saturated carbocycles. The van der Waals surface area contributed by atoms with Gasteiger partial charge in [0.05, 0.1) is 0 Å².